The lowest BCUT2D eigenvalue weighted by Crippen LogP contribution is -2.53. The number of benzene rings is 1. The van der Waals surface area contributed by atoms with Crippen molar-refractivity contribution in [3.05, 3.63) is 29.3 Å². The van der Waals surface area contributed by atoms with E-state index >= 15 is 0 Å². The molecular formula is C21H28ClN3O4. The van der Waals surface area contributed by atoms with Crippen LogP contribution in [0, 0.1) is 10.8 Å². The van der Waals surface area contributed by atoms with E-state index in [1.807, 2.05) is 26.8 Å². The van der Waals surface area contributed by atoms with Gasteiger partial charge in [0, 0.05) is 35.6 Å². The van der Waals surface area contributed by atoms with Crippen LogP contribution < -0.4 is 10.6 Å². The number of anilines is 1. The van der Waals surface area contributed by atoms with Gasteiger partial charge in [0.15, 0.2) is 0 Å². The number of rotatable bonds is 3. The fraction of sp³-hybridized carbons (Fsp3) is 0.571. The van der Waals surface area contributed by atoms with E-state index in [1.54, 1.807) is 23.1 Å². The molecule has 0 bridgehead atoms. The molecule has 0 aromatic heterocycles. The SMILES string of the molecule is COC(=O)[C@@H]1C[C@]2(CC(=O)N(c3cccc(Cl)c3)C2)CN1C(=O)[C@@H](N)C(C)(C)C. The van der Waals surface area contributed by atoms with Crippen LogP contribution in [0.15, 0.2) is 24.3 Å². The first-order chi connectivity index (χ1) is 13.5. The van der Waals surface area contributed by atoms with E-state index in [2.05, 4.69) is 0 Å². The summed E-state index contributed by atoms with van der Waals surface area (Å²) in [4.78, 5) is 41.6. The van der Waals surface area contributed by atoms with Gasteiger partial charge in [-0.25, -0.2) is 4.79 Å². The maximum atomic E-state index is 13.1. The van der Waals surface area contributed by atoms with Crippen LogP contribution in [0.3, 0.4) is 0 Å². The number of methoxy groups -OCH3 is 1. The maximum absolute atomic E-state index is 13.1. The van der Waals surface area contributed by atoms with Gasteiger partial charge in [0.2, 0.25) is 11.8 Å². The van der Waals surface area contributed by atoms with E-state index < -0.39 is 28.9 Å². The van der Waals surface area contributed by atoms with Gasteiger partial charge < -0.3 is 20.3 Å². The molecule has 2 amide bonds. The number of carbonyl (C=O) groups excluding carboxylic acids is 3. The van der Waals surface area contributed by atoms with E-state index in [0.29, 0.717) is 23.7 Å². The van der Waals surface area contributed by atoms with E-state index in [4.69, 9.17) is 22.1 Å². The zero-order valence-electron chi connectivity index (χ0n) is 17.3. The van der Waals surface area contributed by atoms with Gasteiger partial charge in [-0.1, -0.05) is 38.4 Å². The number of nitrogens with two attached hydrogens (primary N) is 1. The Balaban J connectivity index is 1.88. The predicted octanol–water partition coefficient (Wildman–Crippen LogP) is 2.21. The second-order valence-electron chi connectivity index (χ2n) is 9.19. The second kappa shape index (κ2) is 7.61. The third kappa shape index (κ3) is 4.12. The van der Waals surface area contributed by atoms with Crippen LogP contribution in [-0.4, -0.2) is 55.0 Å². The third-order valence-electron chi connectivity index (χ3n) is 5.90. The number of ether oxygens (including phenoxy) is 1. The summed E-state index contributed by atoms with van der Waals surface area (Å²) in [5.41, 5.74) is 5.93. The van der Waals surface area contributed by atoms with Crippen LogP contribution in [0.5, 0.6) is 0 Å². The highest BCUT2D eigenvalue weighted by Gasteiger charge is 2.55. The molecule has 0 radical (unpaired) electrons. The lowest BCUT2D eigenvalue weighted by molar-refractivity contribution is -0.152. The molecule has 0 saturated carbocycles. The summed E-state index contributed by atoms with van der Waals surface area (Å²) in [6.45, 7) is 6.35. The highest BCUT2D eigenvalue weighted by atomic mass is 35.5. The van der Waals surface area contributed by atoms with Crippen molar-refractivity contribution in [2.24, 2.45) is 16.6 Å². The minimum absolute atomic E-state index is 0.0506. The van der Waals surface area contributed by atoms with Gasteiger partial charge >= 0.3 is 5.97 Å². The zero-order chi connectivity index (χ0) is 21.6. The van der Waals surface area contributed by atoms with Crippen LogP contribution in [0.2, 0.25) is 5.02 Å². The first-order valence-corrected chi connectivity index (χ1v) is 10.0. The molecule has 0 unspecified atom stereocenters. The molecule has 3 atom stereocenters. The van der Waals surface area contributed by atoms with Crippen LogP contribution in [0.1, 0.15) is 33.6 Å². The Morgan fingerprint density at radius 1 is 1.31 bits per heavy atom. The predicted molar refractivity (Wildman–Crippen MR) is 110 cm³/mol. The van der Waals surface area contributed by atoms with Gasteiger partial charge in [-0.2, -0.15) is 0 Å². The number of amides is 2. The van der Waals surface area contributed by atoms with Gasteiger partial charge in [-0.15, -0.1) is 0 Å². The average molecular weight is 422 g/mol. The van der Waals surface area contributed by atoms with Crippen molar-refractivity contribution in [2.75, 3.05) is 25.1 Å². The average Bonchev–Trinajstić information content (AvgIpc) is 3.18. The normalized spacial score (nSPS) is 25.6. The van der Waals surface area contributed by atoms with Crippen molar-refractivity contribution < 1.29 is 19.1 Å². The van der Waals surface area contributed by atoms with Gasteiger partial charge in [-0.3, -0.25) is 9.59 Å². The van der Waals surface area contributed by atoms with Crippen molar-refractivity contribution in [1.29, 1.82) is 0 Å². The van der Waals surface area contributed by atoms with E-state index in [1.165, 1.54) is 12.0 Å². The fourth-order valence-corrected chi connectivity index (χ4v) is 4.39. The van der Waals surface area contributed by atoms with Crippen molar-refractivity contribution >= 4 is 35.1 Å². The fourth-order valence-electron chi connectivity index (χ4n) is 4.20. The van der Waals surface area contributed by atoms with Gasteiger partial charge in [-0.05, 0) is 30.0 Å². The monoisotopic (exact) mass is 421 g/mol. The molecule has 2 saturated heterocycles. The molecule has 0 aliphatic carbocycles. The summed E-state index contributed by atoms with van der Waals surface area (Å²) < 4.78 is 4.95. The Morgan fingerprint density at radius 3 is 2.59 bits per heavy atom. The molecule has 2 aliphatic rings. The summed E-state index contributed by atoms with van der Waals surface area (Å²) in [5.74, 6) is -0.825. The maximum Gasteiger partial charge on any atom is 0.328 e. The Labute approximate surface area is 176 Å². The molecule has 1 aromatic rings. The highest BCUT2D eigenvalue weighted by Crippen LogP contribution is 2.45. The third-order valence-corrected chi connectivity index (χ3v) is 6.14. The number of nitrogens with zero attached hydrogens (tertiary/aromatic N) is 2. The summed E-state index contributed by atoms with van der Waals surface area (Å²) in [7, 11) is 1.30. The van der Waals surface area contributed by atoms with Crippen LogP contribution in [-0.2, 0) is 19.1 Å². The number of hydrogen-bond acceptors (Lipinski definition) is 5. The highest BCUT2D eigenvalue weighted by molar-refractivity contribution is 6.30. The van der Waals surface area contributed by atoms with E-state index in [-0.39, 0.29) is 24.8 Å². The first-order valence-electron chi connectivity index (χ1n) is 9.67. The number of likely N-dealkylation sites (tertiary alicyclic amines) is 1. The topological polar surface area (TPSA) is 92.9 Å². The van der Waals surface area contributed by atoms with Crippen molar-refractivity contribution in [3.63, 3.8) is 0 Å². The van der Waals surface area contributed by atoms with Crippen LogP contribution >= 0.6 is 11.6 Å². The van der Waals surface area contributed by atoms with Gasteiger partial charge in [0.25, 0.3) is 0 Å². The lowest BCUT2D eigenvalue weighted by atomic mass is 9.84. The van der Waals surface area contributed by atoms with Gasteiger partial charge in [0.05, 0.1) is 13.2 Å². The molecule has 8 heteroatoms. The van der Waals surface area contributed by atoms with E-state index in [0.717, 1.165) is 0 Å². The number of hydrogen-bond donors (Lipinski definition) is 1. The molecular weight excluding hydrogens is 394 g/mol. The van der Waals surface area contributed by atoms with E-state index in [9.17, 15) is 14.4 Å². The molecule has 29 heavy (non-hydrogen) atoms. The quantitative estimate of drug-likeness (QED) is 0.755. The second-order valence-corrected chi connectivity index (χ2v) is 9.63. The molecule has 3 rings (SSSR count). The summed E-state index contributed by atoms with van der Waals surface area (Å²) in [6.07, 6.45) is 0.618. The molecule has 1 aromatic carbocycles. The Morgan fingerprint density at radius 2 is 2.00 bits per heavy atom. The summed E-state index contributed by atoms with van der Waals surface area (Å²) in [6, 6.07) is 5.61. The molecule has 1 spiro atoms. The Kier molecular flexibility index (Phi) is 5.66. The molecule has 158 valence electrons. The molecule has 2 fully saturated rings. The minimum Gasteiger partial charge on any atom is -0.467 e. The van der Waals surface area contributed by atoms with Crippen molar-refractivity contribution in [3.8, 4) is 0 Å². The lowest BCUT2D eigenvalue weighted by Gasteiger charge is -2.32. The van der Waals surface area contributed by atoms with Crippen LogP contribution in [0.4, 0.5) is 5.69 Å². The first kappa shape index (κ1) is 21.6. The molecule has 2 aliphatic heterocycles. The standard InChI is InChI=1S/C21H28ClN3O4/c1-20(2,3)17(23)18(27)25-12-21(9-15(25)19(28)29-4)10-16(26)24(11-21)14-7-5-6-13(22)8-14/h5-8,15,17H,9-12,23H2,1-4H3/t15-,17+,21+/m0/s1. The molecule has 2 heterocycles. The Bertz CT molecular complexity index is 837. The summed E-state index contributed by atoms with van der Waals surface area (Å²) in [5, 5.41) is 0.545. The number of halogens is 1. The summed E-state index contributed by atoms with van der Waals surface area (Å²) >= 11 is 6.08. The smallest absolute Gasteiger partial charge is 0.328 e. The minimum atomic E-state index is -0.758. The number of carbonyl (C=O) groups is 3. The van der Waals surface area contributed by atoms with Gasteiger partial charge in [0.1, 0.15) is 6.04 Å². The Hall–Kier alpha value is -2.12. The van der Waals surface area contributed by atoms with Crippen molar-refractivity contribution in [1.82, 2.24) is 4.90 Å². The zero-order valence-corrected chi connectivity index (χ0v) is 18.0. The van der Waals surface area contributed by atoms with Crippen LogP contribution in [0.25, 0.3) is 0 Å². The molecule has 7 nitrogen and oxygen atoms in total. The molecule has 2 N–H and O–H groups in total. The number of esters is 1. The largest absolute Gasteiger partial charge is 0.467 e. The van der Waals surface area contributed by atoms with Crippen molar-refractivity contribution in [2.45, 2.75) is 45.7 Å².